The normalized spacial score (nSPS) is 11.8. The molecule has 4 nitrogen and oxygen atoms in total. The van der Waals surface area contributed by atoms with E-state index in [4.69, 9.17) is 34.8 Å². The van der Waals surface area contributed by atoms with Gasteiger partial charge in [0.25, 0.3) is 0 Å². The first-order valence-corrected chi connectivity index (χ1v) is 10.9. The molecule has 0 bridgehead atoms. The fourth-order valence-electron chi connectivity index (χ4n) is 2.57. The average Bonchev–Trinajstić information content (AvgIpc) is 2.67. The minimum absolute atomic E-state index is 0.147. The molecule has 2 aromatic carbocycles. The zero-order valence-electron chi connectivity index (χ0n) is 15.5. The number of nitrogens with zero attached hydrogens (tertiary/aromatic N) is 1. The third kappa shape index (κ3) is 6.31. The van der Waals surface area contributed by atoms with E-state index in [1.807, 2.05) is 24.3 Å². The van der Waals surface area contributed by atoms with Crippen LogP contribution in [0, 0.1) is 0 Å². The quantitative estimate of drug-likeness (QED) is 0.601. The molecule has 2 aromatic rings. The van der Waals surface area contributed by atoms with E-state index in [0.29, 0.717) is 20.8 Å². The molecule has 1 N–H and O–H groups in total. The third-order valence-electron chi connectivity index (χ3n) is 4.21. The van der Waals surface area contributed by atoms with Crippen LogP contribution < -0.4 is 5.32 Å². The number of likely N-dealkylation sites (N-methyl/N-ethyl adjacent to an activating group) is 1. The lowest BCUT2D eigenvalue weighted by molar-refractivity contribution is -0.138. The molecule has 0 aliphatic rings. The van der Waals surface area contributed by atoms with E-state index in [9.17, 15) is 9.59 Å². The van der Waals surface area contributed by atoms with Crippen molar-refractivity contribution in [3.63, 3.8) is 0 Å². The second-order valence-electron chi connectivity index (χ2n) is 6.13. The van der Waals surface area contributed by atoms with Gasteiger partial charge in [-0.05, 0) is 36.2 Å². The van der Waals surface area contributed by atoms with E-state index in [-0.39, 0.29) is 24.1 Å². The summed E-state index contributed by atoms with van der Waals surface area (Å²) in [6.45, 7) is 1.96. The molecule has 0 fully saturated rings. The van der Waals surface area contributed by atoms with Gasteiger partial charge in [0.15, 0.2) is 0 Å². The molecule has 0 radical (unpaired) electrons. The highest BCUT2D eigenvalue weighted by Crippen LogP contribution is 2.25. The number of thioether (sulfide) groups is 1. The Kier molecular flexibility index (Phi) is 8.96. The molecule has 0 aliphatic carbocycles. The van der Waals surface area contributed by atoms with Crippen LogP contribution in [0.1, 0.15) is 18.1 Å². The van der Waals surface area contributed by atoms with Crippen LogP contribution in [0.4, 0.5) is 0 Å². The molecule has 0 saturated heterocycles. The lowest BCUT2D eigenvalue weighted by Crippen LogP contribution is -2.47. The van der Waals surface area contributed by atoms with Crippen molar-refractivity contribution in [1.29, 1.82) is 0 Å². The minimum atomic E-state index is -0.617. The maximum atomic E-state index is 12.9. The Morgan fingerprint density at radius 3 is 2.43 bits per heavy atom. The lowest BCUT2D eigenvalue weighted by Gasteiger charge is -2.28. The molecule has 8 heteroatoms. The van der Waals surface area contributed by atoms with E-state index in [1.165, 1.54) is 16.7 Å². The zero-order chi connectivity index (χ0) is 20.7. The number of rotatable bonds is 8. The van der Waals surface area contributed by atoms with Gasteiger partial charge in [-0.1, -0.05) is 59.1 Å². The molecule has 0 heterocycles. The highest BCUT2D eigenvalue weighted by atomic mass is 35.5. The number of halogens is 3. The summed E-state index contributed by atoms with van der Waals surface area (Å²) in [5.41, 5.74) is 1.69. The molecule has 0 spiro atoms. The number of amides is 2. The number of hydrogen-bond donors (Lipinski definition) is 1. The summed E-state index contributed by atoms with van der Waals surface area (Å²) in [5.74, 6) is 0.401. The van der Waals surface area contributed by atoms with Crippen molar-refractivity contribution in [1.82, 2.24) is 10.2 Å². The molecule has 2 amide bonds. The second kappa shape index (κ2) is 11.0. The number of nitrogens with one attached hydrogen (secondary N) is 1. The van der Waals surface area contributed by atoms with Crippen molar-refractivity contribution in [3.05, 3.63) is 68.7 Å². The van der Waals surface area contributed by atoms with E-state index < -0.39 is 6.04 Å². The van der Waals surface area contributed by atoms with Gasteiger partial charge in [0.2, 0.25) is 11.8 Å². The predicted octanol–water partition coefficient (Wildman–Crippen LogP) is 5.04. The molecule has 0 saturated carbocycles. The van der Waals surface area contributed by atoms with Gasteiger partial charge in [0.05, 0.1) is 5.75 Å². The Morgan fingerprint density at radius 1 is 1.07 bits per heavy atom. The van der Waals surface area contributed by atoms with E-state index >= 15 is 0 Å². The number of carbonyl (C=O) groups is 2. The Morgan fingerprint density at radius 2 is 1.79 bits per heavy atom. The first-order valence-electron chi connectivity index (χ1n) is 8.59. The molecule has 0 aliphatic heterocycles. The SMILES string of the molecule is CNC(=O)[C@@H](C)N(Cc1ccccc1Cl)C(=O)CSCc1ccc(Cl)cc1Cl. The second-order valence-corrected chi connectivity index (χ2v) is 8.37. The fraction of sp³-hybridized carbons (Fsp3) is 0.300. The maximum absolute atomic E-state index is 12.9. The van der Waals surface area contributed by atoms with Crippen molar-refractivity contribution in [2.24, 2.45) is 0 Å². The van der Waals surface area contributed by atoms with Gasteiger partial charge >= 0.3 is 0 Å². The van der Waals surface area contributed by atoms with Crippen molar-refractivity contribution < 1.29 is 9.59 Å². The Hall–Kier alpha value is -1.40. The molecule has 0 unspecified atom stereocenters. The molecule has 2 rings (SSSR count). The Bertz CT molecular complexity index is 848. The van der Waals surface area contributed by atoms with Crippen LogP contribution in [0.15, 0.2) is 42.5 Å². The van der Waals surface area contributed by atoms with Gasteiger partial charge in [0.1, 0.15) is 6.04 Å². The van der Waals surface area contributed by atoms with Crippen molar-refractivity contribution in [2.45, 2.75) is 25.3 Å². The standard InChI is InChI=1S/C20H21Cl3N2O2S/c1-13(20(27)24-2)25(10-14-5-3-4-6-17(14)22)19(26)12-28-11-15-7-8-16(21)9-18(15)23/h3-9,13H,10-12H2,1-2H3,(H,24,27)/t13-/m1/s1. The van der Waals surface area contributed by atoms with Crippen LogP contribution in [0.3, 0.4) is 0 Å². The fourth-order valence-corrected chi connectivity index (χ4v) is 4.24. The largest absolute Gasteiger partial charge is 0.357 e. The summed E-state index contributed by atoms with van der Waals surface area (Å²) in [7, 11) is 1.55. The Balaban J connectivity index is 2.07. The van der Waals surface area contributed by atoms with Crippen LogP contribution in [-0.4, -0.2) is 35.6 Å². The topological polar surface area (TPSA) is 49.4 Å². The van der Waals surface area contributed by atoms with Crippen LogP contribution >= 0.6 is 46.6 Å². The number of carbonyl (C=O) groups excluding carboxylic acids is 2. The van der Waals surface area contributed by atoms with Gasteiger partial charge < -0.3 is 10.2 Å². The van der Waals surface area contributed by atoms with Gasteiger partial charge in [-0.2, -0.15) is 0 Å². The maximum Gasteiger partial charge on any atom is 0.242 e. The Labute approximate surface area is 184 Å². The lowest BCUT2D eigenvalue weighted by atomic mass is 10.1. The summed E-state index contributed by atoms with van der Waals surface area (Å²) in [6.07, 6.45) is 0. The van der Waals surface area contributed by atoms with E-state index in [0.717, 1.165) is 11.1 Å². The van der Waals surface area contributed by atoms with Crippen LogP contribution in [0.25, 0.3) is 0 Å². The first-order chi connectivity index (χ1) is 13.3. The first kappa shape index (κ1) is 22.9. The molecule has 0 aromatic heterocycles. The summed E-state index contributed by atoms with van der Waals surface area (Å²) in [4.78, 5) is 26.5. The molecular formula is C20H21Cl3N2O2S. The minimum Gasteiger partial charge on any atom is -0.357 e. The highest BCUT2D eigenvalue weighted by Gasteiger charge is 2.25. The number of hydrogen-bond acceptors (Lipinski definition) is 3. The van der Waals surface area contributed by atoms with Crippen molar-refractivity contribution in [2.75, 3.05) is 12.8 Å². The molecule has 150 valence electrons. The van der Waals surface area contributed by atoms with Crippen molar-refractivity contribution in [3.8, 4) is 0 Å². The summed E-state index contributed by atoms with van der Waals surface area (Å²) >= 11 is 19.8. The predicted molar refractivity (Wildman–Crippen MR) is 118 cm³/mol. The van der Waals surface area contributed by atoms with Gasteiger partial charge in [-0.15, -0.1) is 11.8 Å². The van der Waals surface area contributed by atoms with Crippen LogP contribution in [0.2, 0.25) is 15.1 Å². The third-order valence-corrected chi connectivity index (χ3v) is 6.13. The number of benzene rings is 2. The highest BCUT2D eigenvalue weighted by molar-refractivity contribution is 7.99. The summed E-state index contributed by atoms with van der Waals surface area (Å²) < 4.78 is 0. The molecular weight excluding hydrogens is 439 g/mol. The van der Waals surface area contributed by atoms with Gasteiger partial charge in [0, 0.05) is 34.4 Å². The summed E-state index contributed by atoms with van der Waals surface area (Å²) in [6, 6.07) is 12.0. The van der Waals surface area contributed by atoms with Crippen molar-refractivity contribution >= 4 is 58.4 Å². The van der Waals surface area contributed by atoms with Gasteiger partial charge in [-0.3, -0.25) is 9.59 Å². The zero-order valence-corrected chi connectivity index (χ0v) is 18.6. The smallest absolute Gasteiger partial charge is 0.242 e. The monoisotopic (exact) mass is 458 g/mol. The molecule has 1 atom stereocenters. The molecule has 28 heavy (non-hydrogen) atoms. The van der Waals surface area contributed by atoms with Crippen LogP contribution in [0.5, 0.6) is 0 Å². The average molecular weight is 460 g/mol. The summed E-state index contributed by atoms with van der Waals surface area (Å²) in [5, 5.41) is 4.29. The van der Waals surface area contributed by atoms with E-state index in [2.05, 4.69) is 5.32 Å². The van der Waals surface area contributed by atoms with Crippen LogP contribution in [-0.2, 0) is 21.9 Å². The van der Waals surface area contributed by atoms with E-state index in [1.54, 1.807) is 32.2 Å². The van der Waals surface area contributed by atoms with Gasteiger partial charge in [-0.25, -0.2) is 0 Å².